The molecule has 1 aliphatic heterocycles. The van der Waals surface area contributed by atoms with E-state index in [1.807, 2.05) is 4.90 Å². The largest absolute Gasteiger partial charge is 0.395 e. The molecule has 0 saturated carbocycles. The number of β-amino-alcohol motifs (C(OH)–C–C–N with tert-alkyl or cyclic N) is 1. The molecular formula is C8H13N5OS. The molecule has 6 nitrogen and oxygen atoms in total. The third kappa shape index (κ3) is 2.63. The Kier molecular flexibility index (Phi) is 3.46. The Bertz CT molecular complexity index is 326. The van der Waals surface area contributed by atoms with E-state index in [1.54, 1.807) is 0 Å². The lowest BCUT2D eigenvalue weighted by atomic mass is 10.3. The van der Waals surface area contributed by atoms with Gasteiger partial charge in [-0.3, -0.25) is 4.99 Å². The minimum absolute atomic E-state index is 0.136. The van der Waals surface area contributed by atoms with Crippen molar-refractivity contribution in [2.24, 2.45) is 4.99 Å². The first kappa shape index (κ1) is 10.3. The summed E-state index contributed by atoms with van der Waals surface area (Å²) in [7, 11) is 0. The maximum Gasteiger partial charge on any atom is 0.209 e. The molecule has 0 amide bonds. The van der Waals surface area contributed by atoms with Gasteiger partial charge < -0.3 is 15.3 Å². The molecule has 2 heterocycles. The van der Waals surface area contributed by atoms with Crippen LogP contribution >= 0.6 is 11.5 Å². The lowest BCUT2D eigenvalue weighted by Crippen LogP contribution is -2.41. The van der Waals surface area contributed by atoms with Gasteiger partial charge in [0.05, 0.1) is 6.61 Å². The van der Waals surface area contributed by atoms with Crippen LogP contribution in [0.25, 0.3) is 0 Å². The highest BCUT2D eigenvalue weighted by molar-refractivity contribution is 7.09. The van der Waals surface area contributed by atoms with Crippen molar-refractivity contribution in [1.82, 2.24) is 14.3 Å². The second-order valence-corrected chi connectivity index (χ2v) is 3.92. The van der Waals surface area contributed by atoms with Crippen LogP contribution in [-0.2, 0) is 0 Å². The number of aliphatic hydroxyl groups excluding tert-OH is 1. The zero-order valence-corrected chi connectivity index (χ0v) is 9.07. The van der Waals surface area contributed by atoms with Crippen molar-refractivity contribution in [3.63, 3.8) is 0 Å². The molecular weight excluding hydrogens is 214 g/mol. The Balaban J connectivity index is 2.01. The van der Waals surface area contributed by atoms with Crippen molar-refractivity contribution >= 4 is 22.6 Å². The fourth-order valence-corrected chi connectivity index (χ4v) is 1.86. The molecule has 2 N–H and O–H groups in total. The van der Waals surface area contributed by atoms with Crippen molar-refractivity contribution in [2.45, 2.75) is 6.42 Å². The van der Waals surface area contributed by atoms with E-state index in [0.717, 1.165) is 30.6 Å². The van der Waals surface area contributed by atoms with Crippen molar-refractivity contribution in [2.75, 3.05) is 31.6 Å². The van der Waals surface area contributed by atoms with E-state index < -0.39 is 0 Å². The first-order chi connectivity index (χ1) is 7.40. The minimum Gasteiger partial charge on any atom is -0.395 e. The number of nitrogens with one attached hydrogen (secondary N) is 1. The summed E-state index contributed by atoms with van der Waals surface area (Å²) in [5.41, 5.74) is 0. The van der Waals surface area contributed by atoms with Gasteiger partial charge in [0.1, 0.15) is 6.33 Å². The molecule has 7 heteroatoms. The second kappa shape index (κ2) is 5.04. The van der Waals surface area contributed by atoms with Gasteiger partial charge in [0.15, 0.2) is 5.96 Å². The molecule has 82 valence electrons. The molecule has 0 radical (unpaired) electrons. The molecule has 1 aromatic heterocycles. The van der Waals surface area contributed by atoms with E-state index in [1.165, 1.54) is 17.9 Å². The highest BCUT2D eigenvalue weighted by atomic mass is 32.1. The third-order valence-electron chi connectivity index (χ3n) is 2.10. The molecule has 0 spiro atoms. The summed E-state index contributed by atoms with van der Waals surface area (Å²) in [6, 6.07) is 0. The molecule has 0 bridgehead atoms. The van der Waals surface area contributed by atoms with Crippen LogP contribution in [0.5, 0.6) is 0 Å². The predicted molar refractivity (Wildman–Crippen MR) is 59.1 cm³/mol. The Labute approximate surface area is 91.8 Å². The van der Waals surface area contributed by atoms with Gasteiger partial charge in [0, 0.05) is 31.2 Å². The minimum atomic E-state index is 0.136. The summed E-state index contributed by atoms with van der Waals surface area (Å²) in [5.74, 6) is 0.784. The second-order valence-electron chi connectivity index (χ2n) is 3.14. The molecule has 0 fully saturated rings. The van der Waals surface area contributed by atoms with Crippen LogP contribution in [0, 0.1) is 0 Å². The first-order valence-electron chi connectivity index (χ1n) is 4.84. The monoisotopic (exact) mass is 227 g/mol. The van der Waals surface area contributed by atoms with Gasteiger partial charge in [-0.15, -0.1) is 0 Å². The number of aliphatic imine (C=N–C) groups is 1. The highest BCUT2D eigenvalue weighted by Gasteiger charge is 2.15. The highest BCUT2D eigenvalue weighted by Crippen LogP contribution is 2.10. The Morgan fingerprint density at radius 3 is 3.27 bits per heavy atom. The summed E-state index contributed by atoms with van der Waals surface area (Å²) < 4.78 is 3.90. The zero-order chi connectivity index (χ0) is 10.5. The van der Waals surface area contributed by atoms with Gasteiger partial charge in [-0.2, -0.15) is 4.37 Å². The number of aliphatic hydroxyl groups is 1. The van der Waals surface area contributed by atoms with E-state index in [0.29, 0.717) is 6.54 Å². The number of anilines is 1. The molecule has 1 aromatic rings. The Morgan fingerprint density at radius 2 is 2.53 bits per heavy atom. The number of hydrogen-bond acceptors (Lipinski definition) is 7. The molecule has 15 heavy (non-hydrogen) atoms. The average Bonchev–Trinajstić information content (AvgIpc) is 2.74. The van der Waals surface area contributed by atoms with Gasteiger partial charge >= 0.3 is 0 Å². The lowest BCUT2D eigenvalue weighted by molar-refractivity contribution is 0.245. The molecule has 0 unspecified atom stereocenters. The molecule has 0 saturated heterocycles. The Morgan fingerprint density at radius 1 is 1.60 bits per heavy atom. The fraction of sp³-hybridized carbons (Fsp3) is 0.625. The first-order valence-corrected chi connectivity index (χ1v) is 5.61. The molecule has 1 aliphatic rings. The summed E-state index contributed by atoms with van der Waals surface area (Å²) >= 11 is 1.29. The number of aromatic nitrogens is 2. The van der Waals surface area contributed by atoms with Crippen LogP contribution in [-0.4, -0.2) is 51.6 Å². The summed E-state index contributed by atoms with van der Waals surface area (Å²) in [5, 5.41) is 12.8. The van der Waals surface area contributed by atoms with Gasteiger partial charge in [-0.25, -0.2) is 4.98 Å². The summed E-state index contributed by atoms with van der Waals surface area (Å²) in [6.07, 6.45) is 2.54. The van der Waals surface area contributed by atoms with Crippen molar-refractivity contribution < 1.29 is 5.11 Å². The van der Waals surface area contributed by atoms with E-state index >= 15 is 0 Å². The van der Waals surface area contributed by atoms with Crippen molar-refractivity contribution in [3.8, 4) is 0 Å². The number of guanidine groups is 1. The number of hydrogen-bond donors (Lipinski definition) is 2. The van der Waals surface area contributed by atoms with E-state index in [4.69, 9.17) is 5.11 Å². The maximum absolute atomic E-state index is 8.91. The van der Waals surface area contributed by atoms with Crippen molar-refractivity contribution in [1.29, 1.82) is 0 Å². The van der Waals surface area contributed by atoms with Gasteiger partial charge in [-0.1, -0.05) is 0 Å². The van der Waals surface area contributed by atoms with Gasteiger partial charge in [-0.05, 0) is 6.42 Å². The quantitative estimate of drug-likeness (QED) is 0.760. The number of nitrogens with zero attached hydrogens (tertiary/aromatic N) is 4. The third-order valence-corrected chi connectivity index (χ3v) is 2.68. The van der Waals surface area contributed by atoms with Crippen LogP contribution < -0.4 is 5.32 Å². The maximum atomic E-state index is 8.91. The standard InChI is InChI=1S/C8H13N5OS/c14-5-4-13-3-1-2-9-7(13)12-8-10-6-11-15-8/h6,14H,1-5H2,(H,9,10,11,12). The SMILES string of the molecule is OCCN1CCCN=C1Nc1ncns1. The van der Waals surface area contributed by atoms with Crippen molar-refractivity contribution in [3.05, 3.63) is 6.33 Å². The summed E-state index contributed by atoms with van der Waals surface area (Å²) in [6.45, 7) is 2.48. The van der Waals surface area contributed by atoms with Crippen LogP contribution in [0.2, 0.25) is 0 Å². The van der Waals surface area contributed by atoms with Crippen LogP contribution in [0.3, 0.4) is 0 Å². The fourth-order valence-electron chi connectivity index (χ4n) is 1.43. The predicted octanol–water partition coefficient (Wildman–Crippen LogP) is 0.00400. The van der Waals surface area contributed by atoms with Crippen LogP contribution in [0.15, 0.2) is 11.3 Å². The molecule has 0 atom stereocenters. The Hall–Kier alpha value is -1.21. The van der Waals surface area contributed by atoms with E-state index in [2.05, 4.69) is 19.7 Å². The smallest absolute Gasteiger partial charge is 0.209 e. The zero-order valence-electron chi connectivity index (χ0n) is 8.26. The van der Waals surface area contributed by atoms with Crippen LogP contribution in [0.1, 0.15) is 6.42 Å². The average molecular weight is 227 g/mol. The summed E-state index contributed by atoms with van der Waals surface area (Å²) in [4.78, 5) is 10.4. The topological polar surface area (TPSA) is 73.6 Å². The van der Waals surface area contributed by atoms with E-state index in [9.17, 15) is 0 Å². The van der Waals surface area contributed by atoms with Gasteiger partial charge in [0.25, 0.3) is 0 Å². The van der Waals surface area contributed by atoms with Crippen LogP contribution in [0.4, 0.5) is 5.13 Å². The van der Waals surface area contributed by atoms with Gasteiger partial charge in [0.2, 0.25) is 5.13 Å². The normalized spacial score (nSPS) is 16.3. The van der Waals surface area contributed by atoms with E-state index in [-0.39, 0.29) is 6.61 Å². The molecule has 0 aromatic carbocycles. The lowest BCUT2D eigenvalue weighted by Gasteiger charge is -2.28. The molecule has 2 rings (SSSR count). The number of rotatable bonds is 3. The molecule has 0 aliphatic carbocycles.